The Morgan fingerprint density at radius 1 is 1.14 bits per heavy atom. The van der Waals surface area contributed by atoms with E-state index in [1.165, 1.54) is 0 Å². The molecule has 1 aromatic carbocycles. The third-order valence-electron chi connectivity index (χ3n) is 2.13. The first-order valence-electron chi connectivity index (χ1n) is 4.38. The topological polar surface area (TPSA) is 51.0 Å². The Labute approximate surface area is 82.5 Å². The molecule has 0 atom stereocenters. The van der Waals surface area contributed by atoms with Crippen molar-refractivity contribution in [2.45, 2.75) is 0 Å². The number of H-pyrrole nitrogens is 1. The van der Waals surface area contributed by atoms with E-state index in [1.54, 1.807) is 7.11 Å². The fourth-order valence-corrected chi connectivity index (χ4v) is 1.36. The van der Waals surface area contributed by atoms with E-state index in [1.807, 2.05) is 36.5 Å². The van der Waals surface area contributed by atoms with Crippen LogP contribution in [0.25, 0.3) is 11.1 Å². The number of aromatic nitrogens is 1. The van der Waals surface area contributed by atoms with Crippen molar-refractivity contribution >= 4 is 5.82 Å². The molecule has 2 rings (SSSR count). The second-order valence-electron chi connectivity index (χ2n) is 3.07. The molecule has 0 unspecified atom stereocenters. The first-order chi connectivity index (χ1) is 6.79. The van der Waals surface area contributed by atoms with E-state index in [0.29, 0.717) is 5.82 Å². The summed E-state index contributed by atoms with van der Waals surface area (Å²) < 4.78 is 5.08. The first-order valence-corrected chi connectivity index (χ1v) is 4.38. The SMILES string of the molecule is COc1ccc(-c2c[nH]c(N)c2)cc1. The van der Waals surface area contributed by atoms with E-state index >= 15 is 0 Å². The molecule has 3 heteroatoms. The minimum atomic E-state index is 0.677. The zero-order valence-electron chi connectivity index (χ0n) is 7.95. The van der Waals surface area contributed by atoms with Gasteiger partial charge in [-0.25, -0.2) is 0 Å². The number of benzene rings is 1. The smallest absolute Gasteiger partial charge is 0.118 e. The number of hydrogen-bond acceptors (Lipinski definition) is 2. The van der Waals surface area contributed by atoms with Gasteiger partial charge in [-0.3, -0.25) is 0 Å². The fraction of sp³-hybridized carbons (Fsp3) is 0.0909. The van der Waals surface area contributed by atoms with Crippen molar-refractivity contribution in [1.29, 1.82) is 0 Å². The summed E-state index contributed by atoms with van der Waals surface area (Å²) >= 11 is 0. The average molecular weight is 188 g/mol. The number of nitrogens with one attached hydrogen (secondary N) is 1. The molecular formula is C11H12N2O. The molecule has 14 heavy (non-hydrogen) atoms. The molecule has 72 valence electrons. The van der Waals surface area contributed by atoms with Gasteiger partial charge in [0.05, 0.1) is 7.11 Å². The number of nitrogen functional groups attached to an aromatic ring is 1. The lowest BCUT2D eigenvalue weighted by Gasteiger charge is -2.00. The molecule has 0 fully saturated rings. The average Bonchev–Trinajstić information content (AvgIpc) is 2.65. The van der Waals surface area contributed by atoms with Crippen molar-refractivity contribution < 1.29 is 4.74 Å². The van der Waals surface area contributed by atoms with Gasteiger partial charge < -0.3 is 15.5 Å². The summed E-state index contributed by atoms with van der Waals surface area (Å²) in [7, 11) is 1.66. The summed E-state index contributed by atoms with van der Waals surface area (Å²) in [6, 6.07) is 9.77. The summed E-state index contributed by atoms with van der Waals surface area (Å²) in [5.41, 5.74) is 7.80. The summed E-state index contributed by atoms with van der Waals surface area (Å²) in [6.45, 7) is 0. The van der Waals surface area contributed by atoms with Gasteiger partial charge in [-0.1, -0.05) is 12.1 Å². The quantitative estimate of drug-likeness (QED) is 0.759. The van der Waals surface area contributed by atoms with Crippen LogP contribution in [0.4, 0.5) is 5.82 Å². The van der Waals surface area contributed by atoms with E-state index in [-0.39, 0.29) is 0 Å². The van der Waals surface area contributed by atoms with Crippen LogP contribution in [0.5, 0.6) is 5.75 Å². The van der Waals surface area contributed by atoms with E-state index in [0.717, 1.165) is 16.9 Å². The predicted molar refractivity (Wildman–Crippen MR) is 57.2 cm³/mol. The maximum atomic E-state index is 5.59. The molecule has 3 N–H and O–H groups in total. The molecule has 0 saturated heterocycles. The van der Waals surface area contributed by atoms with E-state index in [4.69, 9.17) is 10.5 Å². The molecule has 1 heterocycles. The van der Waals surface area contributed by atoms with Crippen LogP contribution in [-0.4, -0.2) is 12.1 Å². The Kier molecular flexibility index (Phi) is 2.14. The van der Waals surface area contributed by atoms with Gasteiger partial charge >= 0.3 is 0 Å². The number of anilines is 1. The molecule has 0 spiro atoms. The largest absolute Gasteiger partial charge is 0.497 e. The van der Waals surface area contributed by atoms with Gasteiger partial charge in [0.1, 0.15) is 11.6 Å². The lowest BCUT2D eigenvalue weighted by atomic mass is 10.1. The molecule has 0 amide bonds. The second kappa shape index (κ2) is 3.46. The van der Waals surface area contributed by atoms with Crippen LogP contribution >= 0.6 is 0 Å². The highest BCUT2D eigenvalue weighted by molar-refractivity contribution is 5.66. The van der Waals surface area contributed by atoms with Crippen LogP contribution in [0.2, 0.25) is 0 Å². The first kappa shape index (κ1) is 8.69. The number of ether oxygens (including phenoxy) is 1. The summed E-state index contributed by atoms with van der Waals surface area (Å²) in [5.74, 6) is 1.54. The van der Waals surface area contributed by atoms with Crippen LogP contribution in [-0.2, 0) is 0 Å². The Morgan fingerprint density at radius 2 is 1.86 bits per heavy atom. The highest BCUT2D eigenvalue weighted by Gasteiger charge is 1.99. The fourth-order valence-electron chi connectivity index (χ4n) is 1.36. The second-order valence-corrected chi connectivity index (χ2v) is 3.07. The van der Waals surface area contributed by atoms with E-state index in [2.05, 4.69) is 4.98 Å². The molecule has 0 aliphatic rings. The van der Waals surface area contributed by atoms with Gasteiger partial charge in [0.25, 0.3) is 0 Å². The maximum absolute atomic E-state index is 5.59. The lowest BCUT2D eigenvalue weighted by molar-refractivity contribution is 0.415. The normalized spacial score (nSPS) is 10.1. The van der Waals surface area contributed by atoms with Gasteiger partial charge in [0, 0.05) is 11.8 Å². The van der Waals surface area contributed by atoms with Gasteiger partial charge in [-0.05, 0) is 23.8 Å². The molecule has 2 aromatic rings. The third-order valence-corrected chi connectivity index (χ3v) is 2.13. The zero-order chi connectivity index (χ0) is 9.97. The van der Waals surface area contributed by atoms with Crippen LogP contribution in [0, 0.1) is 0 Å². The van der Waals surface area contributed by atoms with Crippen molar-refractivity contribution in [2.24, 2.45) is 0 Å². The van der Waals surface area contributed by atoms with E-state index in [9.17, 15) is 0 Å². The van der Waals surface area contributed by atoms with Gasteiger partial charge in [0.15, 0.2) is 0 Å². The number of methoxy groups -OCH3 is 1. The number of nitrogens with two attached hydrogens (primary N) is 1. The third kappa shape index (κ3) is 1.57. The highest BCUT2D eigenvalue weighted by atomic mass is 16.5. The Bertz CT molecular complexity index is 417. The molecular weight excluding hydrogens is 176 g/mol. The zero-order valence-corrected chi connectivity index (χ0v) is 7.95. The van der Waals surface area contributed by atoms with E-state index < -0.39 is 0 Å². The van der Waals surface area contributed by atoms with Crippen LogP contribution in [0.1, 0.15) is 0 Å². The predicted octanol–water partition coefficient (Wildman–Crippen LogP) is 2.27. The molecule has 0 aliphatic heterocycles. The van der Waals surface area contributed by atoms with Gasteiger partial charge in [-0.15, -0.1) is 0 Å². The monoisotopic (exact) mass is 188 g/mol. The Hall–Kier alpha value is -1.90. The van der Waals surface area contributed by atoms with Crippen LogP contribution in [0.3, 0.4) is 0 Å². The van der Waals surface area contributed by atoms with Crippen molar-refractivity contribution in [1.82, 2.24) is 4.98 Å². The molecule has 0 aliphatic carbocycles. The molecule has 1 aromatic heterocycles. The molecule has 0 saturated carbocycles. The summed E-state index contributed by atoms with van der Waals surface area (Å²) in [6.07, 6.45) is 1.89. The highest BCUT2D eigenvalue weighted by Crippen LogP contribution is 2.23. The minimum Gasteiger partial charge on any atom is -0.497 e. The van der Waals surface area contributed by atoms with Crippen LogP contribution < -0.4 is 10.5 Å². The van der Waals surface area contributed by atoms with Crippen molar-refractivity contribution in [3.8, 4) is 16.9 Å². The Morgan fingerprint density at radius 3 is 2.36 bits per heavy atom. The molecule has 0 radical (unpaired) electrons. The number of aromatic amines is 1. The standard InChI is InChI=1S/C11H12N2O/c1-14-10-4-2-8(3-5-10)9-6-11(12)13-7-9/h2-7,13H,12H2,1H3. The lowest BCUT2D eigenvalue weighted by Crippen LogP contribution is -1.81. The van der Waals surface area contributed by atoms with Crippen molar-refractivity contribution in [3.05, 3.63) is 36.5 Å². The van der Waals surface area contributed by atoms with Gasteiger partial charge in [-0.2, -0.15) is 0 Å². The number of rotatable bonds is 2. The maximum Gasteiger partial charge on any atom is 0.118 e. The molecule has 3 nitrogen and oxygen atoms in total. The summed E-state index contributed by atoms with van der Waals surface area (Å²) in [5, 5.41) is 0. The minimum absolute atomic E-state index is 0.677. The summed E-state index contributed by atoms with van der Waals surface area (Å²) in [4.78, 5) is 2.94. The molecule has 0 bridgehead atoms. The van der Waals surface area contributed by atoms with Crippen molar-refractivity contribution in [3.63, 3.8) is 0 Å². The van der Waals surface area contributed by atoms with Gasteiger partial charge in [0.2, 0.25) is 0 Å². The number of hydrogen-bond donors (Lipinski definition) is 2. The van der Waals surface area contributed by atoms with Crippen LogP contribution in [0.15, 0.2) is 36.5 Å². The Balaban J connectivity index is 2.33. The van der Waals surface area contributed by atoms with Crippen molar-refractivity contribution in [2.75, 3.05) is 12.8 Å².